The molecule has 3 fully saturated rings. The van der Waals surface area contributed by atoms with Crippen LogP contribution < -0.4 is 16.8 Å². The summed E-state index contributed by atoms with van der Waals surface area (Å²) in [6, 6.07) is 0.673. The Hall–Kier alpha value is -1.99. The number of amides is 2. The number of rotatable bonds is 10. The molecule has 11 heteroatoms. The average Bonchev–Trinajstić information content (AvgIpc) is 3.87. The van der Waals surface area contributed by atoms with Crippen molar-refractivity contribution in [3.8, 4) is 0 Å². The second-order valence-electron chi connectivity index (χ2n) is 13.2. The number of likely N-dealkylation sites (N-methyl/N-ethyl adjacent to an activating group) is 1. The molecule has 2 aliphatic heterocycles. The van der Waals surface area contributed by atoms with Gasteiger partial charge < -0.3 is 33.5 Å². The first-order chi connectivity index (χ1) is 21.7. The number of piperazine rings is 1. The number of hydrogen-bond donors (Lipinski definition) is 3. The molecule has 9 nitrogen and oxygen atoms in total. The van der Waals surface area contributed by atoms with Gasteiger partial charge in [-0.1, -0.05) is 42.6 Å². The summed E-state index contributed by atoms with van der Waals surface area (Å²) in [6.45, 7) is 22.4. The van der Waals surface area contributed by atoms with Crippen LogP contribution in [0.2, 0.25) is 0 Å². The maximum atomic E-state index is 13.5. The molecule has 260 valence electrons. The molecular formula is C36H58ClN7O2U. The van der Waals surface area contributed by atoms with Crippen molar-refractivity contribution in [2.75, 3.05) is 39.8 Å². The number of allylic oxidation sites excluding steroid dienone is 5. The topological polar surface area (TPSA) is 111 Å². The predicted molar refractivity (Wildman–Crippen MR) is 190 cm³/mol. The van der Waals surface area contributed by atoms with Crippen LogP contribution in [0.1, 0.15) is 87.0 Å². The fourth-order valence-corrected chi connectivity index (χ4v) is 6.31. The van der Waals surface area contributed by atoms with Gasteiger partial charge in [-0.2, -0.15) is 0 Å². The zero-order valence-corrected chi connectivity index (χ0v) is 34.9. The van der Waals surface area contributed by atoms with Crippen molar-refractivity contribution >= 4 is 29.3 Å². The Bertz CT molecular complexity index is 1350. The fraction of sp³-hybridized carbons (Fsp3) is 0.611. The summed E-state index contributed by atoms with van der Waals surface area (Å²) in [7, 11) is 1.96. The van der Waals surface area contributed by atoms with Gasteiger partial charge in [-0.05, 0) is 85.3 Å². The Morgan fingerprint density at radius 3 is 2.06 bits per heavy atom. The van der Waals surface area contributed by atoms with Gasteiger partial charge in [0, 0.05) is 79.1 Å². The molecule has 0 bridgehead atoms. The van der Waals surface area contributed by atoms with E-state index >= 15 is 0 Å². The Morgan fingerprint density at radius 1 is 0.957 bits per heavy atom. The number of nitrogens with zero attached hydrogens (tertiary/aromatic N) is 4. The SMILES string of the molecule is [CH2-]C1C[N+](=C(/C(C)=C(\C)CC)N(C)/C(N)=C(\C)C(=O)NC2CC2)CCN1C1CCN(C(=O)C(/C=C\C(Cl)=C(C)CC)=C(/C)N)CC1.[U]. The summed E-state index contributed by atoms with van der Waals surface area (Å²) in [5.74, 6) is 1.34. The first-order valence-electron chi connectivity index (χ1n) is 16.9. The molecule has 3 aliphatic rings. The number of nitrogens with two attached hydrogens (primary N) is 2. The van der Waals surface area contributed by atoms with E-state index in [2.05, 4.69) is 49.4 Å². The Balaban J connectivity index is 0.00000768. The normalized spacial score (nSPS) is 22.9. The molecule has 1 saturated carbocycles. The fourth-order valence-electron chi connectivity index (χ4n) is 6.11. The number of hydrogen-bond acceptors (Lipinski definition) is 5. The summed E-state index contributed by atoms with van der Waals surface area (Å²) >= 11 is 6.39. The maximum Gasteiger partial charge on any atom is 0.280 e. The average molecular weight is 894 g/mol. The van der Waals surface area contributed by atoms with E-state index in [4.69, 9.17) is 23.1 Å². The van der Waals surface area contributed by atoms with E-state index in [0.29, 0.717) is 46.8 Å². The first kappa shape index (κ1) is 41.2. The van der Waals surface area contributed by atoms with Gasteiger partial charge in [0.2, 0.25) is 0 Å². The summed E-state index contributed by atoms with van der Waals surface area (Å²) in [4.78, 5) is 32.7. The predicted octanol–water partition coefficient (Wildman–Crippen LogP) is 4.77. The summed E-state index contributed by atoms with van der Waals surface area (Å²) < 4.78 is 2.37. The number of amidine groups is 1. The number of carbonyl (C=O) groups is 2. The number of halogens is 1. The van der Waals surface area contributed by atoms with E-state index in [9.17, 15) is 9.59 Å². The van der Waals surface area contributed by atoms with Crippen LogP contribution in [0.3, 0.4) is 0 Å². The molecule has 2 heterocycles. The summed E-state index contributed by atoms with van der Waals surface area (Å²) in [5.41, 5.74) is 17.8. The van der Waals surface area contributed by atoms with Crippen molar-refractivity contribution in [1.29, 1.82) is 0 Å². The molecule has 0 spiro atoms. The minimum atomic E-state index is -0.0998. The largest absolute Gasteiger partial charge is 0.402 e. The maximum absolute atomic E-state index is 13.5. The quantitative estimate of drug-likeness (QED) is 0.0960. The molecule has 0 aromatic rings. The van der Waals surface area contributed by atoms with Gasteiger partial charge >= 0.3 is 0 Å². The van der Waals surface area contributed by atoms with Gasteiger partial charge in [-0.3, -0.25) is 14.2 Å². The first-order valence-corrected chi connectivity index (χ1v) is 17.3. The van der Waals surface area contributed by atoms with Crippen molar-refractivity contribution in [1.82, 2.24) is 20.0 Å². The van der Waals surface area contributed by atoms with Crippen LogP contribution in [0.15, 0.2) is 56.6 Å². The zero-order chi connectivity index (χ0) is 34.3. The van der Waals surface area contributed by atoms with Crippen molar-refractivity contribution in [3.05, 3.63) is 63.5 Å². The smallest absolute Gasteiger partial charge is 0.280 e. The van der Waals surface area contributed by atoms with Crippen molar-refractivity contribution in [2.45, 2.75) is 105 Å². The second kappa shape index (κ2) is 18.7. The molecule has 0 radical (unpaired) electrons. The van der Waals surface area contributed by atoms with Crippen molar-refractivity contribution in [2.24, 2.45) is 11.5 Å². The molecule has 2 amide bonds. The van der Waals surface area contributed by atoms with Crippen LogP contribution >= 0.6 is 11.6 Å². The van der Waals surface area contributed by atoms with Crippen LogP contribution in [0.25, 0.3) is 0 Å². The number of carbonyl (C=O) groups excluding carboxylic acids is 2. The van der Waals surface area contributed by atoms with E-state index in [0.717, 1.165) is 69.6 Å². The minimum Gasteiger partial charge on any atom is -0.402 e. The summed E-state index contributed by atoms with van der Waals surface area (Å²) in [6.07, 6.45) is 9.12. The summed E-state index contributed by atoms with van der Waals surface area (Å²) in [5, 5.41) is 3.70. The minimum absolute atomic E-state index is 0. The second-order valence-corrected chi connectivity index (χ2v) is 13.6. The third-order valence-electron chi connectivity index (χ3n) is 9.86. The monoisotopic (exact) mass is 893 g/mol. The molecule has 2 saturated heterocycles. The van der Waals surface area contributed by atoms with Crippen LogP contribution in [0, 0.1) is 38.0 Å². The van der Waals surface area contributed by atoms with Gasteiger partial charge in [0.25, 0.3) is 17.6 Å². The molecule has 0 aromatic carbocycles. The van der Waals surface area contributed by atoms with E-state index in [1.165, 1.54) is 11.1 Å². The van der Waals surface area contributed by atoms with Gasteiger partial charge in [0.15, 0.2) is 5.82 Å². The number of nitrogens with one attached hydrogen (secondary N) is 1. The van der Waals surface area contributed by atoms with Gasteiger partial charge in [-0.15, -0.1) is 0 Å². The number of piperidine rings is 1. The Labute approximate surface area is 312 Å². The Morgan fingerprint density at radius 2 is 1.55 bits per heavy atom. The van der Waals surface area contributed by atoms with Crippen LogP contribution in [-0.2, 0) is 9.59 Å². The van der Waals surface area contributed by atoms with Gasteiger partial charge in [-0.25, -0.2) is 4.90 Å². The van der Waals surface area contributed by atoms with E-state index in [1.807, 2.05) is 23.8 Å². The molecule has 47 heavy (non-hydrogen) atoms. The molecular weight excluding hydrogens is 836 g/mol. The third kappa shape index (κ3) is 10.7. The van der Waals surface area contributed by atoms with Gasteiger partial charge in [0.1, 0.15) is 0 Å². The third-order valence-corrected chi connectivity index (χ3v) is 10.3. The van der Waals surface area contributed by atoms with E-state index in [1.54, 1.807) is 26.0 Å². The van der Waals surface area contributed by atoms with Crippen LogP contribution in [-0.4, -0.2) is 94.8 Å². The van der Waals surface area contributed by atoms with Crippen LogP contribution in [0.5, 0.6) is 0 Å². The van der Waals surface area contributed by atoms with E-state index in [-0.39, 0.29) is 55.0 Å². The molecule has 0 aromatic heterocycles. The van der Waals surface area contributed by atoms with Crippen molar-refractivity contribution < 1.29 is 45.3 Å². The Kier molecular flexibility index (Phi) is 16.4. The zero-order valence-electron chi connectivity index (χ0n) is 30.0. The standard InChI is InChI=1S/C36H58ClN7O2.U/c1-10-23(3)26(6)35(41(9)33(39)27(7)34(45)40-29-12-13-29)43-20-21-44(25(5)22-43)30-16-18-42(19-17-30)36(46)31(28(8)38)14-15-32(37)24(4)11-2;/h14-15,25,29-30H,5,10-13,16-22,38-39H2,1-4,6-9H3,(H,40,45);/b15-14-,26-23+,31-28-,32-24?,33-27+;. The van der Waals surface area contributed by atoms with E-state index < -0.39 is 0 Å². The van der Waals surface area contributed by atoms with Crippen LogP contribution in [0.4, 0.5) is 0 Å². The molecule has 3 rings (SSSR count). The molecule has 1 atom stereocenters. The molecule has 5 N–H and O–H groups in total. The molecule has 1 aliphatic carbocycles. The molecule has 1 unspecified atom stereocenters. The van der Waals surface area contributed by atoms with Gasteiger partial charge in [0.05, 0.1) is 31.3 Å². The van der Waals surface area contributed by atoms with Crippen molar-refractivity contribution in [3.63, 3.8) is 0 Å². The number of likely N-dealkylation sites (tertiary alicyclic amines) is 1.